The number of likely N-dealkylation sites (tertiary alicyclic amines) is 1. The minimum Gasteiger partial charge on any atom is -0.383 e. The van der Waals surface area contributed by atoms with Crippen LogP contribution in [0.1, 0.15) is 47.2 Å². The van der Waals surface area contributed by atoms with Crippen LogP contribution in [0, 0.1) is 6.92 Å². The van der Waals surface area contributed by atoms with Crippen molar-refractivity contribution in [3.8, 4) is 0 Å². The van der Waals surface area contributed by atoms with Gasteiger partial charge in [-0.3, -0.25) is 9.69 Å². The van der Waals surface area contributed by atoms with Crippen LogP contribution in [0.15, 0.2) is 6.20 Å². The Kier molecular flexibility index (Phi) is 5.85. The van der Waals surface area contributed by atoms with Crippen LogP contribution in [0.5, 0.6) is 0 Å². The number of piperidine rings is 1. The molecule has 0 N–H and O–H groups in total. The van der Waals surface area contributed by atoms with E-state index in [1.807, 2.05) is 6.92 Å². The van der Waals surface area contributed by atoms with Gasteiger partial charge in [-0.15, -0.1) is 0 Å². The highest BCUT2D eigenvalue weighted by atomic mass is 16.5. The van der Waals surface area contributed by atoms with E-state index < -0.39 is 0 Å². The first kappa shape index (κ1) is 16.8. The van der Waals surface area contributed by atoms with Gasteiger partial charge in [0, 0.05) is 33.9 Å². The summed E-state index contributed by atoms with van der Waals surface area (Å²) in [6.07, 6.45) is 5.12. The Balaban J connectivity index is 2.20. The third-order valence-corrected chi connectivity index (χ3v) is 4.13. The van der Waals surface area contributed by atoms with Crippen molar-refractivity contribution in [2.45, 2.75) is 32.2 Å². The number of carbonyl (C=O) groups excluding carboxylic acids is 1. The van der Waals surface area contributed by atoms with Gasteiger partial charge in [0.05, 0.1) is 23.9 Å². The number of amides is 1. The van der Waals surface area contributed by atoms with E-state index >= 15 is 0 Å². The second-order valence-corrected chi connectivity index (χ2v) is 5.97. The molecule has 1 fully saturated rings. The summed E-state index contributed by atoms with van der Waals surface area (Å²) in [5.74, 6) is 0.771. The number of aromatic nitrogens is 2. The molecule has 1 atom stereocenters. The van der Waals surface area contributed by atoms with Crippen LogP contribution in [0.2, 0.25) is 0 Å². The molecular weight excluding hydrogens is 280 g/mol. The van der Waals surface area contributed by atoms with E-state index in [-0.39, 0.29) is 11.9 Å². The maximum Gasteiger partial charge on any atom is 0.256 e. The van der Waals surface area contributed by atoms with Crippen LogP contribution in [-0.2, 0) is 4.74 Å². The average Bonchev–Trinajstić information content (AvgIpc) is 2.52. The third kappa shape index (κ3) is 3.81. The first-order valence-corrected chi connectivity index (χ1v) is 7.82. The van der Waals surface area contributed by atoms with E-state index in [1.165, 1.54) is 12.8 Å². The first-order valence-electron chi connectivity index (χ1n) is 7.82. The molecule has 0 aromatic carbocycles. The number of rotatable bonds is 5. The number of methoxy groups -OCH3 is 1. The zero-order valence-corrected chi connectivity index (χ0v) is 14.0. The van der Waals surface area contributed by atoms with E-state index in [2.05, 4.69) is 14.9 Å². The normalized spacial score (nSPS) is 19.2. The summed E-state index contributed by atoms with van der Waals surface area (Å²) in [5.41, 5.74) is 1.33. The van der Waals surface area contributed by atoms with Gasteiger partial charge in [0.1, 0.15) is 5.82 Å². The number of ether oxygens (including phenoxy) is 1. The van der Waals surface area contributed by atoms with Crippen LogP contribution < -0.4 is 0 Å². The van der Waals surface area contributed by atoms with Crippen molar-refractivity contribution < 1.29 is 9.53 Å². The zero-order chi connectivity index (χ0) is 16.1. The van der Waals surface area contributed by atoms with Gasteiger partial charge >= 0.3 is 0 Å². The van der Waals surface area contributed by atoms with Crippen molar-refractivity contribution in [1.82, 2.24) is 19.8 Å². The standard InChI is InChI=1S/C16H26N4O2/c1-12-13(16(21)19(2)3)11-17-15(18-12)14-7-5-6-8-20(14)9-10-22-4/h11,14H,5-10H2,1-4H3. The molecule has 6 nitrogen and oxygen atoms in total. The summed E-state index contributed by atoms with van der Waals surface area (Å²) in [7, 11) is 5.20. The number of hydrogen-bond donors (Lipinski definition) is 0. The molecule has 1 aromatic rings. The summed E-state index contributed by atoms with van der Waals surface area (Å²) >= 11 is 0. The Morgan fingerprint density at radius 3 is 2.86 bits per heavy atom. The molecule has 2 heterocycles. The molecule has 1 unspecified atom stereocenters. The second kappa shape index (κ2) is 7.65. The van der Waals surface area contributed by atoms with Gasteiger partial charge in [-0.1, -0.05) is 6.42 Å². The van der Waals surface area contributed by atoms with Crippen molar-refractivity contribution in [1.29, 1.82) is 0 Å². The highest BCUT2D eigenvalue weighted by molar-refractivity contribution is 5.94. The third-order valence-electron chi connectivity index (χ3n) is 4.13. The Bertz CT molecular complexity index is 519. The SMILES string of the molecule is COCCN1CCCCC1c1ncc(C(=O)N(C)C)c(C)n1. The fraction of sp³-hybridized carbons (Fsp3) is 0.688. The second-order valence-electron chi connectivity index (χ2n) is 5.97. The van der Waals surface area contributed by atoms with E-state index in [1.54, 1.807) is 32.3 Å². The fourth-order valence-electron chi connectivity index (χ4n) is 2.86. The first-order chi connectivity index (χ1) is 10.5. The molecule has 0 radical (unpaired) electrons. The molecule has 1 saturated heterocycles. The van der Waals surface area contributed by atoms with Gasteiger partial charge in [0.25, 0.3) is 5.91 Å². The predicted octanol–water partition coefficient (Wildman–Crippen LogP) is 1.66. The lowest BCUT2D eigenvalue weighted by molar-refractivity contribution is 0.0824. The zero-order valence-electron chi connectivity index (χ0n) is 14.0. The molecule has 0 saturated carbocycles. The number of hydrogen-bond acceptors (Lipinski definition) is 5. The van der Waals surface area contributed by atoms with Gasteiger partial charge < -0.3 is 9.64 Å². The molecule has 22 heavy (non-hydrogen) atoms. The van der Waals surface area contributed by atoms with Crippen LogP contribution in [0.4, 0.5) is 0 Å². The van der Waals surface area contributed by atoms with E-state index in [0.717, 1.165) is 31.0 Å². The van der Waals surface area contributed by atoms with Crippen LogP contribution in [0.3, 0.4) is 0 Å². The van der Waals surface area contributed by atoms with E-state index in [4.69, 9.17) is 4.74 Å². The average molecular weight is 306 g/mol. The van der Waals surface area contributed by atoms with Crippen molar-refractivity contribution >= 4 is 5.91 Å². The molecule has 0 spiro atoms. The van der Waals surface area contributed by atoms with Gasteiger partial charge in [0.15, 0.2) is 0 Å². The Hall–Kier alpha value is -1.53. The summed E-state index contributed by atoms with van der Waals surface area (Å²) in [6, 6.07) is 0.228. The van der Waals surface area contributed by atoms with Gasteiger partial charge in [-0.05, 0) is 26.3 Å². The lowest BCUT2D eigenvalue weighted by Gasteiger charge is -2.34. The molecule has 6 heteroatoms. The van der Waals surface area contributed by atoms with Gasteiger partial charge in [-0.25, -0.2) is 9.97 Å². The minimum atomic E-state index is -0.0519. The molecular formula is C16H26N4O2. The maximum absolute atomic E-state index is 12.1. The lowest BCUT2D eigenvalue weighted by Crippen LogP contribution is -2.37. The monoisotopic (exact) mass is 306 g/mol. The highest BCUT2D eigenvalue weighted by Gasteiger charge is 2.26. The van der Waals surface area contributed by atoms with Crippen molar-refractivity contribution in [3.05, 3.63) is 23.3 Å². The maximum atomic E-state index is 12.1. The van der Waals surface area contributed by atoms with E-state index in [0.29, 0.717) is 12.2 Å². The molecule has 1 aromatic heterocycles. The molecule has 0 bridgehead atoms. The Morgan fingerprint density at radius 1 is 1.45 bits per heavy atom. The number of aryl methyl sites for hydroxylation is 1. The summed E-state index contributed by atoms with van der Waals surface area (Å²) < 4.78 is 5.20. The molecule has 0 aliphatic carbocycles. The Labute approximate surface area is 132 Å². The Morgan fingerprint density at radius 2 is 2.23 bits per heavy atom. The van der Waals surface area contributed by atoms with Gasteiger partial charge in [0.2, 0.25) is 0 Å². The van der Waals surface area contributed by atoms with Gasteiger partial charge in [-0.2, -0.15) is 0 Å². The summed E-state index contributed by atoms with van der Waals surface area (Å²) in [6.45, 7) is 4.54. The molecule has 2 rings (SSSR count). The smallest absolute Gasteiger partial charge is 0.256 e. The summed E-state index contributed by atoms with van der Waals surface area (Å²) in [5, 5.41) is 0. The quantitative estimate of drug-likeness (QED) is 0.828. The number of carbonyl (C=O) groups is 1. The van der Waals surface area contributed by atoms with Crippen LogP contribution in [0.25, 0.3) is 0 Å². The predicted molar refractivity (Wildman–Crippen MR) is 84.8 cm³/mol. The molecule has 1 aliphatic heterocycles. The topological polar surface area (TPSA) is 58.6 Å². The molecule has 1 aliphatic rings. The van der Waals surface area contributed by atoms with Crippen LogP contribution >= 0.6 is 0 Å². The minimum absolute atomic E-state index is 0.0519. The fourth-order valence-corrected chi connectivity index (χ4v) is 2.86. The molecule has 122 valence electrons. The van der Waals surface area contributed by atoms with Crippen LogP contribution in [-0.4, -0.2) is 66.6 Å². The number of nitrogens with zero attached hydrogens (tertiary/aromatic N) is 4. The lowest BCUT2D eigenvalue weighted by atomic mass is 10.0. The highest BCUT2D eigenvalue weighted by Crippen LogP contribution is 2.28. The molecule has 1 amide bonds. The summed E-state index contributed by atoms with van der Waals surface area (Å²) in [4.78, 5) is 25.1. The van der Waals surface area contributed by atoms with Crippen molar-refractivity contribution in [2.24, 2.45) is 0 Å². The van der Waals surface area contributed by atoms with E-state index in [9.17, 15) is 4.79 Å². The van der Waals surface area contributed by atoms with Crippen molar-refractivity contribution in [3.63, 3.8) is 0 Å². The van der Waals surface area contributed by atoms with Crippen molar-refractivity contribution in [2.75, 3.05) is 40.9 Å². The largest absolute Gasteiger partial charge is 0.383 e.